The summed E-state index contributed by atoms with van der Waals surface area (Å²) in [5.41, 5.74) is 1.01. The number of rotatable bonds is 1. The molecule has 1 N–H and O–H groups in total. The maximum atomic E-state index is 13.4. The van der Waals surface area contributed by atoms with Crippen LogP contribution in [0.1, 0.15) is 28.8 Å². The van der Waals surface area contributed by atoms with Crippen molar-refractivity contribution in [1.82, 2.24) is 10.2 Å². The minimum Gasteiger partial charge on any atom is -0.322 e. The molecule has 0 bridgehead atoms. The Labute approximate surface area is 116 Å². The Morgan fingerprint density at radius 1 is 1.30 bits per heavy atom. The molecule has 104 valence electrons. The first-order valence-electron chi connectivity index (χ1n) is 6.20. The lowest BCUT2D eigenvalue weighted by Crippen LogP contribution is -2.52. The molecule has 20 heavy (non-hydrogen) atoms. The number of piperidine rings is 1. The van der Waals surface area contributed by atoms with E-state index in [0.29, 0.717) is 22.9 Å². The lowest BCUT2D eigenvalue weighted by atomic mass is 10.0. The summed E-state index contributed by atoms with van der Waals surface area (Å²) < 4.78 is 13.4. The third kappa shape index (κ3) is 2.00. The smallest absolute Gasteiger partial charge is 0.255 e. The topological polar surface area (TPSA) is 66.5 Å². The summed E-state index contributed by atoms with van der Waals surface area (Å²) in [6.07, 6.45) is 0.512. The zero-order valence-electron chi connectivity index (χ0n) is 10.5. The normalized spacial score (nSPS) is 22.0. The molecule has 2 aliphatic rings. The predicted molar refractivity (Wildman–Crippen MR) is 71.8 cm³/mol. The molecule has 0 radical (unpaired) electrons. The fraction of sp³-hybridized carbons (Fsp3) is 0.308. The molecule has 0 saturated carbocycles. The SMILES string of the molecule is O=C1CCC(N2Cc3c(P)cc(F)cc3C2=O)C(=O)N1. The standard InChI is InChI=1S/C13H12FN2O3P/c14-6-3-7-8(10(20)4-6)5-16(13(7)19)9-1-2-11(17)15-12(9)18/h3-4,9H,1-2,5,20H2,(H,15,17,18). The molecule has 3 amide bonds. The van der Waals surface area contributed by atoms with Crippen molar-refractivity contribution in [2.75, 3.05) is 0 Å². The van der Waals surface area contributed by atoms with E-state index in [-0.39, 0.29) is 24.8 Å². The molecule has 2 atom stereocenters. The van der Waals surface area contributed by atoms with E-state index in [1.54, 1.807) is 0 Å². The molecule has 3 rings (SSSR count). The first kappa shape index (κ1) is 13.2. The molecule has 7 heteroatoms. The van der Waals surface area contributed by atoms with Crippen LogP contribution in [0.4, 0.5) is 4.39 Å². The second-order valence-corrected chi connectivity index (χ2v) is 5.54. The highest BCUT2D eigenvalue weighted by molar-refractivity contribution is 7.27. The van der Waals surface area contributed by atoms with Gasteiger partial charge in [-0.25, -0.2) is 4.39 Å². The average Bonchev–Trinajstić information content (AvgIpc) is 2.68. The van der Waals surface area contributed by atoms with E-state index in [4.69, 9.17) is 0 Å². The van der Waals surface area contributed by atoms with E-state index in [9.17, 15) is 18.8 Å². The van der Waals surface area contributed by atoms with E-state index in [0.717, 1.165) is 0 Å². The van der Waals surface area contributed by atoms with E-state index >= 15 is 0 Å². The van der Waals surface area contributed by atoms with Gasteiger partial charge in [0, 0.05) is 18.5 Å². The zero-order chi connectivity index (χ0) is 14.4. The van der Waals surface area contributed by atoms with Crippen LogP contribution in [0.25, 0.3) is 0 Å². The van der Waals surface area contributed by atoms with E-state index in [1.807, 2.05) is 0 Å². The molecule has 1 aromatic carbocycles. The number of nitrogens with zero attached hydrogens (tertiary/aromatic N) is 1. The number of imide groups is 1. The summed E-state index contributed by atoms with van der Waals surface area (Å²) in [5, 5.41) is 2.84. The average molecular weight is 294 g/mol. The number of fused-ring (bicyclic) bond motifs is 1. The van der Waals surface area contributed by atoms with Gasteiger partial charge in [-0.2, -0.15) is 0 Å². The number of amides is 3. The van der Waals surface area contributed by atoms with Gasteiger partial charge < -0.3 is 4.90 Å². The lowest BCUT2D eigenvalue weighted by Gasteiger charge is -2.29. The Hall–Kier alpha value is -1.81. The molecular weight excluding hydrogens is 282 g/mol. The van der Waals surface area contributed by atoms with Crippen LogP contribution in [0.15, 0.2) is 12.1 Å². The van der Waals surface area contributed by atoms with Crippen LogP contribution in [0.5, 0.6) is 0 Å². The fourth-order valence-electron chi connectivity index (χ4n) is 2.65. The van der Waals surface area contributed by atoms with Crippen molar-refractivity contribution in [2.24, 2.45) is 0 Å². The van der Waals surface area contributed by atoms with Crippen molar-refractivity contribution >= 4 is 32.3 Å². The van der Waals surface area contributed by atoms with Crippen molar-refractivity contribution in [3.05, 3.63) is 29.1 Å². The molecule has 2 aliphatic heterocycles. The van der Waals surface area contributed by atoms with Gasteiger partial charge in [-0.15, -0.1) is 9.24 Å². The fourth-order valence-corrected chi connectivity index (χ4v) is 3.06. The number of hydrogen-bond donors (Lipinski definition) is 1. The highest BCUT2D eigenvalue weighted by Gasteiger charge is 2.39. The van der Waals surface area contributed by atoms with Crippen molar-refractivity contribution < 1.29 is 18.8 Å². The Kier molecular flexibility index (Phi) is 3.05. The van der Waals surface area contributed by atoms with E-state index < -0.39 is 17.8 Å². The van der Waals surface area contributed by atoms with Gasteiger partial charge in [0.05, 0.1) is 0 Å². The Balaban J connectivity index is 1.92. The third-order valence-corrected chi connectivity index (χ3v) is 4.17. The molecular formula is C13H12FN2O3P. The summed E-state index contributed by atoms with van der Waals surface area (Å²) in [5.74, 6) is -1.63. The summed E-state index contributed by atoms with van der Waals surface area (Å²) in [6.45, 7) is 0.263. The van der Waals surface area contributed by atoms with Crippen LogP contribution >= 0.6 is 9.24 Å². The molecule has 1 fully saturated rings. The summed E-state index contributed by atoms with van der Waals surface area (Å²) in [7, 11) is 2.40. The summed E-state index contributed by atoms with van der Waals surface area (Å²) >= 11 is 0. The largest absolute Gasteiger partial charge is 0.322 e. The minimum absolute atomic E-state index is 0.207. The Morgan fingerprint density at radius 2 is 2.05 bits per heavy atom. The van der Waals surface area contributed by atoms with E-state index in [2.05, 4.69) is 14.6 Å². The van der Waals surface area contributed by atoms with Crippen molar-refractivity contribution in [2.45, 2.75) is 25.4 Å². The van der Waals surface area contributed by atoms with Gasteiger partial charge in [0.25, 0.3) is 5.91 Å². The number of benzene rings is 1. The highest BCUT2D eigenvalue weighted by atomic mass is 31.0. The summed E-state index contributed by atoms with van der Waals surface area (Å²) in [6, 6.07) is 1.86. The van der Waals surface area contributed by atoms with Gasteiger partial charge in [0.1, 0.15) is 11.9 Å². The van der Waals surface area contributed by atoms with Gasteiger partial charge in [-0.1, -0.05) is 0 Å². The number of halogens is 1. The summed E-state index contributed by atoms with van der Waals surface area (Å²) in [4.78, 5) is 36.7. The molecule has 1 aromatic rings. The minimum atomic E-state index is -0.667. The van der Waals surface area contributed by atoms with Gasteiger partial charge >= 0.3 is 0 Å². The molecule has 1 saturated heterocycles. The van der Waals surface area contributed by atoms with Crippen molar-refractivity contribution in [3.63, 3.8) is 0 Å². The number of nitrogens with one attached hydrogen (secondary N) is 1. The number of hydrogen-bond acceptors (Lipinski definition) is 3. The van der Waals surface area contributed by atoms with Gasteiger partial charge in [0.2, 0.25) is 11.8 Å². The van der Waals surface area contributed by atoms with Crippen molar-refractivity contribution in [3.8, 4) is 0 Å². The molecule has 5 nitrogen and oxygen atoms in total. The highest BCUT2D eigenvalue weighted by Crippen LogP contribution is 2.27. The van der Waals surface area contributed by atoms with Gasteiger partial charge in [-0.05, 0) is 29.4 Å². The van der Waals surface area contributed by atoms with Crippen LogP contribution in [-0.4, -0.2) is 28.7 Å². The van der Waals surface area contributed by atoms with Crippen LogP contribution < -0.4 is 10.6 Å². The maximum Gasteiger partial charge on any atom is 0.255 e. The molecule has 0 aliphatic carbocycles. The maximum absolute atomic E-state index is 13.4. The predicted octanol–water partition coefficient (Wildman–Crippen LogP) is 0.0871. The Bertz CT molecular complexity index is 647. The first-order chi connectivity index (χ1) is 9.47. The molecule has 0 spiro atoms. The van der Waals surface area contributed by atoms with Crippen LogP contribution in [0.3, 0.4) is 0 Å². The van der Waals surface area contributed by atoms with Gasteiger partial charge in [0.15, 0.2) is 0 Å². The molecule has 2 unspecified atom stereocenters. The quantitative estimate of drug-likeness (QED) is 0.589. The second kappa shape index (κ2) is 4.63. The number of carbonyl (C=O) groups is 3. The lowest BCUT2D eigenvalue weighted by molar-refractivity contribution is -0.136. The monoisotopic (exact) mass is 294 g/mol. The van der Waals surface area contributed by atoms with Crippen LogP contribution in [-0.2, 0) is 16.1 Å². The first-order valence-corrected chi connectivity index (χ1v) is 6.77. The van der Waals surface area contributed by atoms with E-state index in [1.165, 1.54) is 17.0 Å². The zero-order valence-corrected chi connectivity index (χ0v) is 11.6. The van der Waals surface area contributed by atoms with Crippen LogP contribution in [0, 0.1) is 5.82 Å². The number of carbonyl (C=O) groups excluding carboxylic acids is 3. The molecule has 0 aromatic heterocycles. The molecule has 2 heterocycles. The Morgan fingerprint density at radius 3 is 2.75 bits per heavy atom. The van der Waals surface area contributed by atoms with Gasteiger partial charge in [-0.3, -0.25) is 19.7 Å². The van der Waals surface area contributed by atoms with Crippen LogP contribution in [0.2, 0.25) is 0 Å². The third-order valence-electron chi connectivity index (χ3n) is 3.66. The van der Waals surface area contributed by atoms with Crippen molar-refractivity contribution in [1.29, 1.82) is 0 Å². The second-order valence-electron chi connectivity index (χ2n) is 4.92.